The summed E-state index contributed by atoms with van der Waals surface area (Å²) in [6.07, 6.45) is 6.08. The molecule has 0 aliphatic carbocycles. The van der Waals surface area contributed by atoms with Gasteiger partial charge in [0.2, 0.25) is 0 Å². The Labute approximate surface area is 70.4 Å². The third-order valence-corrected chi connectivity index (χ3v) is 4.85. The molecule has 1 aromatic heterocycles. The molecule has 0 aromatic carbocycles. The molecule has 0 amide bonds. The van der Waals surface area contributed by atoms with Gasteiger partial charge in [0.25, 0.3) is 0 Å². The van der Waals surface area contributed by atoms with E-state index < -0.39 is 13.9 Å². The van der Waals surface area contributed by atoms with Crippen LogP contribution >= 0.6 is 0 Å². The summed E-state index contributed by atoms with van der Waals surface area (Å²) in [6.45, 7) is 0. The second-order valence-corrected chi connectivity index (χ2v) is 5.78. The van der Waals surface area contributed by atoms with Gasteiger partial charge in [-0.3, -0.25) is 0 Å². The van der Waals surface area contributed by atoms with Gasteiger partial charge in [0.15, 0.2) is 0 Å². The Morgan fingerprint density at radius 2 is 1.91 bits per heavy atom. The summed E-state index contributed by atoms with van der Waals surface area (Å²) < 4.78 is 1.25. The first-order chi connectivity index (χ1) is 5.47. The molecule has 0 N–H and O–H groups in total. The van der Waals surface area contributed by atoms with Crippen LogP contribution in [-0.2, 0) is 0 Å². The molecule has 0 atom stereocenters. The van der Waals surface area contributed by atoms with Crippen LogP contribution in [-0.4, -0.2) is 18.9 Å². The van der Waals surface area contributed by atoms with Crippen molar-refractivity contribution in [2.45, 2.75) is 0 Å². The van der Waals surface area contributed by atoms with Crippen molar-refractivity contribution in [1.29, 1.82) is 0 Å². The molecule has 2 rings (SSSR count). The fraction of sp³-hybridized carbons (Fsp3) is 0. The van der Waals surface area contributed by atoms with Crippen LogP contribution in [0.4, 0.5) is 0 Å². The average molecular weight is 209 g/mol. The Hall–Kier alpha value is -0.851. The monoisotopic (exact) mass is 210 g/mol. The minimum atomic E-state index is -0.780. The summed E-state index contributed by atoms with van der Waals surface area (Å²) in [6, 6.07) is 6.11. The van der Waals surface area contributed by atoms with Crippen molar-refractivity contribution in [2.24, 2.45) is 0 Å². The SMILES string of the molecule is C1=C[Se](c2ccccn2)C=C1. The van der Waals surface area contributed by atoms with Crippen molar-refractivity contribution in [3.63, 3.8) is 0 Å². The molecule has 0 unspecified atom stereocenters. The molecule has 1 radical (unpaired) electrons. The number of nitrogens with zero attached hydrogens (tertiary/aromatic N) is 1. The fourth-order valence-corrected chi connectivity index (χ4v) is 3.68. The molecule has 0 fully saturated rings. The summed E-state index contributed by atoms with van der Waals surface area (Å²) in [7, 11) is 0. The zero-order valence-corrected chi connectivity index (χ0v) is 7.69. The van der Waals surface area contributed by atoms with Crippen LogP contribution in [0.25, 0.3) is 0 Å². The van der Waals surface area contributed by atoms with Gasteiger partial charge in [0.1, 0.15) is 0 Å². The van der Waals surface area contributed by atoms with Crippen LogP contribution in [0, 0.1) is 0 Å². The van der Waals surface area contributed by atoms with E-state index in [2.05, 4.69) is 33.2 Å². The van der Waals surface area contributed by atoms with Crippen molar-refractivity contribution >= 4 is 18.5 Å². The molecular formula is C9H8NSe. The third-order valence-electron chi connectivity index (χ3n) is 1.44. The molecule has 1 aliphatic rings. The molecule has 0 saturated carbocycles. The van der Waals surface area contributed by atoms with Crippen molar-refractivity contribution in [2.75, 3.05) is 0 Å². The number of hydrogen-bond donors (Lipinski definition) is 0. The molecule has 1 aromatic rings. The first-order valence-corrected chi connectivity index (χ1v) is 6.28. The van der Waals surface area contributed by atoms with Crippen LogP contribution in [0.5, 0.6) is 0 Å². The van der Waals surface area contributed by atoms with Crippen LogP contribution in [0.15, 0.2) is 46.5 Å². The Morgan fingerprint density at radius 1 is 1.09 bits per heavy atom. The first kappa shape index (κ1) is 6.83. The van der Waals surface area contributed by atoms with E-state index in [4.69, 9.17) is 0 Å². The number of allylic oxidation sites excluding steroid dienone is 2. The van der Waals surface area contributed by atoms with Gasteiger partial charge in [-0.1, -0.05) is 0 Å². The van der Waals surface area contributed by atoms with Gasteiger partial charge in [-0.2, -0.15) is 0 Å². The van der Waals surface area contributed by atoms with Crippen LogP contribution < -0.4 is 4.59 Å². The Kier molecular flexibility index (Phi) is 1.89. The molecule has 1 aliphatic heterocycles. The molecule has 2 heterocycles. The number of pyridine rings is 1. The van der Waals surface area contributed by atoms with Crippen LogP contribution in [0.1, 0.15) is 0 Å². The van der Waals surface area contributed by atoms with Crippen LogP contribution in [0.2, 0.25) is 0 Å². The first-order valence-electron chi connectivity index (χ1n) is 3.45. The zero-order chi connectivity index (χ0) is 7.52. The van der Waals surface area contributed by atoms with Crippen molar-refractivity contribution < 1.29 is 0 Å². The van der Waals surface area contributed by atoms with Gasteiger partial charge < -0.3 is 0 Å². The quantitative estimate of drug-likeness (QED) is 0.628. The van der Waals surface area contributed by atoms with Crippen molar-refractivity contribution in [3.05, 3.63) is 46.5 Å². The molecule has 0 saturated heterocycles. The van der Waals surface area contributed by atoms with Crippen LogP contribution in [0.3, 0.4) is 0 Å². The van der Waals surface area contributed by atoms with Gasteiger partial charge in [0, 0.05) is 0 Å². The van der Waals surface area contributed by atoms with E-state index in [0.29, 0.717) is 0 Å². The zero-order valence-electron chi connectivity index (χ0n) is 5.97. The van der Waals surface area contributed by atoms with E-state index in [1.54, 1.807) is 0 Å². The standard InChI is InChI=1S/C9H8NSe/c1-2-6-10-9(5-1)11-7-3-4-8-11/h1-8H. The maximum atomic E-state index is 4.31. The topological polar surface area (TPSA) is 12.9 Å². The Bertz CT molecular complexity index is 278. The summed E-state index contributed by atoms with van der Waals surface area (Å²) in [5.41, 5.74) is 0. The van der Waals surface area contributed by atoms with E-state index in [0.717, 1.165) is 0 Å². The molecule has 55 valence electrons. The molecule has 0 bridgehead atoms. The predicted molar refractivity (Wildman–Crippen MR) is 47.9 cm³/mol. The minimum absolute atomic E-state index is 0.780. The number of aromatic nitrogens is 1. The molecule has 2 heteroatoms. The maximum absolute atomic E-state index is 4.31. The number of hydrogen-bond acceptors (Lipinski definition) is 1. The van der Waals surface area contributed by atoms with Gasteiger partial charge in [-0.05, 0) is 0 Å². The fourth-order valence-electron chi connectivity index (χ4n) is 0.931. The summed E-state index contributed by atoms with van der Waals surface area (Å²) >= 11 is -0.780. The third kappa shape index (κ3) is 1.42. The van der Waals surface area contributed by atoms with Gasteiger partial charge in [0.05, 0.1) is 0 Å². The Balaban J connectivity index is 2.30. The Morgan fingerprint density at radius 3 is 2.55 bits per heavy atom. The molecule has 1 nitrogen and oxygen atoms in total. The predicted octanol–water partition coefficient (Wildman–Crippen LogP) is 0.988. The molecular weight excluding hydrogens is 201 g/mol. The van der Waals surface area contributed by atoms with E-state index in [9.17, 15) is 0 Å². The summed E-state index contributed by atoms with van der Waals surface area (Å²) in [4.78, 5) is 8.85. The van der Waals surface area contributed by atoms with Gasteiger partial charge in [-0.15, -0.1) is 0 Å². The second kappa shape index (κ2) is 3.04. The summed E-state index contributed by atoms with van der Waals surface area (Å²) in [5, 5.41) is 0. The average Bonchev–Trinajstić information content (AvgIpc) is 2.58. The molecule has 0 spiro atoms. The van der Waals surface area contributed by atoms with E-state index >= 15 is 0 Å². The van der Waals surface area contributed by atoms with Gasteiger partial charge in [-0.25, -0.2) is 0 Å². The van der Waals surface area contributed by atoms with Crippen molar-refractivity contribution in [1.82, 2.24) is 4.98 Å². The van der Waals surface area contributed by atoms with Gasteiger partial charge >= 0.3 is 70.0 Å². The van der Waals surface area contributed by atoms with E-state index in [1.807, 2.05) is 18.3 Å². The molecule has 11 heavy (non-hydrogen) atoms. The number of rotatable bonds is 1. The second-order valence-electron chi connectivity index (χ2n) is 2.20. The normalized spacial score (nSPS) is 16.0. The van der Waals surface area contributed by atoms with E-state index in [1.165, 1.54) is 4.59 Å². The van der Waals surface area contributed by atoms with E-state index in [-0.39, 0.29) is 0 Å². The van der Waals surface area contributed by atoms with Crippen molar-refractivity contribution in [3.8, 4) is 0 Å². The summed E-state index contributed by atoms with van der Waals surface area (Å²) in [5.74, 6) is 0.